The van der Waals surface area contributed by atoms with E-state index in [9.17, 15) is 9.59 Å². The van der Waals surface area contributed by atoms with Crippen molar-refractivity contribution in [1.82, 2.24) is 4.57 Å². The molecule has 0 aliphatic rings. The van der Waals surface area contributed by atoms with E-state index in [0.717, 1.165) is 5.56 Å². The van der Waals surface area contributed by atoms with Crippen molar-refractivity contribution in [2.75, 3.05) is 0 Å². The van der Waals surface area contributed by atoms with Crippen LogP contribution in [0.4, 0.5) is 0 Å². The number of nitrogens with zero attached hydrogens (tertiary/aromatic N) is 1. The molecule has 1 aromatic carbocycles. The Kier molecular flexibility index (Phi) is 3.19. The third kappa shape index (κ3) is 2.18. The number of carbonyl (C=O) groups is 1. The minimum Gasteiger partial charge on any atom is -0.308 e. The quantitative estimate of drug-likeness (QED) is 0.754. The smallest absolute Gasteiger partial charge is 0.261 e. The standard InChI is InChI=1S/C14H13NO2/c1-11(12-6-3-2-4-7-12)15-9-5-8-13(10-16)14(15)17/h2-11H,1H3. The first-order chi connectivity index (χ1) is 8.24. The molecule has 0 spiro atoms. The highest BCUT2D eigenvalue weighted by atomic mass is 16.1. The third-order valence-corrected chi connectivity index (χ3v) is 2.83. The van der Waals surface area contributed by atoms with E-state index in [0.29, 0.717) is 6.29 Å². The lowest BCUT2D eigenvalue weighted by atomic mass is 10.1. The van der Waals surface area contributed by atoms with E-state index in [-0.39, 0.29) is 17.2 Å². The van der Waals surface area contributed by atoms with E-state index in [1.165, 1.54) is 6.07 Å². The Labute approximate surface area is 99.3 Å². The van der Waals surface area contributed by atoms with Gasteiger partial charge in [0.25, 0.3) is 5.56 Å². The summed E-state index contributed by atoms with van der Waals surface area (Å²) < 4.78 is 1.57. The van der Waals surface area contributed by atoms with Crippen molar-refractivity contribution in [2.45, 2.75) is 13.0 Å². The number of carbonyl (C=O) groups excluding carboxylic acids is 1. The van der Waals surface area contributed by atoms with Gasteiger partial charge in [-0.05, 0) is 24.6 Å². The van der Waals surface area contributed by atoms with Gasteiger partial charge in [-0.2, -0.15) is 0 Å². The van der Waals surface area contributed by atoms with Gasteiger partial charge in [0.2, 0.25) is 0 Å². The zero-order chi connectivity index (χ0) is 12.3. The van der Waals surface area contributed by atoms with Crippen LogP contribution in [0, 0.1) is 0 Å². The van der Waals surface area contributed by atoms with Gasteiger partial charge in [-0.25, -0.2) is 0 Å². The van der Waals surface area contributed by atoms with Gasteiger partial charge in [0.1, 0.15) is 0 Å². The molecule has 86 valence electrons. The Hall–Kier alpha value is -2.16. The van der Waals surface area contributed by atoms with Gasteiger partial charge in [0.15, 0.2) is 6.29 Å². The average Bonchev–Trinajstić information content (AvgIpc) is 2.39. The van der Waals surface area contributed by atoms with Crippen molar-refractivity contribution in [1.29, 1.82) is 0 Å². The highest BCUT2D eigenvalue weighted by Crippen LogP contribution is 2.15. The lowest BCUT2D eigenvalue weighted by Crippen LogP contribution is -2.25. The molecule has 3 heteroatoms. The summed E-state index contributed by atoms with van der Waals surface area (Å²) in [6.45, 7) is 1.94. The Morgan fingerprint density at radius 2 is 1.82 bits per heavy atom. The van der Waals surface area contributed by atoms with Crippen LogP contribution in [0.1, 0.15) is 28.9 Å². The molecule has 0 radical (unpaired) electrons. The van der Waals surface area contributed by atoms with Crippen LogP contribution < -0.4 is 5.56 Å². The van der Waals surface area contributed by atoms with Crippen molar-refractivity contribution in [3.8, 4) is 0 Å². The molecule has 1 heterocycles. The van der Waals surface area contributed by atoms with Crippen molar-refractivity contribution >= 4 is 6.29 Å². The van der Waals surface area contributed by atoms with E-state index < -0.39 is 0 Å². The zero-order valence-electron chi connectivity index (χ0n) is 9.54. The van der Waals surface area contributed by atoms with Crippen LogP contribution in [-0.4, -0.2) is 10.9 Å². The van der Waals surface area contributed by atoms with Crippen molar-refractivity contribution in [2.24, 2.45) is 0 Å². The number of pyridine rings is 1. The molecular weight excluding hydrogens is 214 g/mol. The number of benzene rings is 1. The molecule has 0 aliphatic carbocycles. The number of hydrogen-bond acceptors (Lipinski definition) is 2. The number of aromatic nitrogens is 1. The summed E-state index contributed by atoms with van der Waals surface area (Å²) in [5, 5.41) is 0. The van der Waals surface area contributed by atoms with Crippen LogP contribution in [0.3, 0.4) is 0 Å². The minimum absolute atomic E-state index is 0.0800. The molecule has 17 heavy (non-hydrogen) atoms. The van der Waals surface area contributed by atoms with E-state index in [2.05, 4.69) is 0 Å². The molecule has 2 rings (SSSR count). The first-order valence-corrected chi connectivity index (χ1v) is 5.45. The zero-order valence-corrected chi connectivity index (χ0v) is 9.54. The molecule has 1 atom stereocenters. The molecule has 0 saturated heterocycles. The summed E-state index contributed by atoms with van der Waals surface area (Å²) in [4.78, 5) is 22.7. The summed E-state index contributed by atoms with van der Waals surface area (Å²) in [7, 11) is 0. The fourth-order valence-corrected chi connectivity index (χ4v) is 1.81. The molecule has 0 bridgehead atoms. The van der Waals surface area contributed by atoms with Gasteiger partial charge in [-0.15, -0.1) is 0 Å². The van der Waals surface area contributed by atoms with Gasteiger partial charge in [0, 0.05) is 6.20 Å². The molecule has 3 nitrogen and oxygen atoms in total. The topological polar surface area (TPSA) is 39.1 Å². The predicted molar refractivity (Wildman–Crippen MR) is 66.3 cm³/mol. The van der Waals surface area contributed by atoms with Gasteiger partial charge in [0.05, 0.1) is 11.6 Å². The molecular formula is C14H13NO2. The summed E-state index contributed by atoms with van der Waals surface area (Å²) >= 11 is 0. The van der Waals surface area contributed by atoms with Crippen LogP contribution in [0.2, 0.25) is 0 Å². The summed E-state index contributed by atoms with van der Waals surface area (Å²) in [5.74, 6) is 0. The third-order valence-electron chi connectivity index (χ3n) is 2.83. The van der Waals surface area contributed by atoms with Crippen molar-refractivity contribution in [3.63, 3.8) is 0 Å². The molecule has 0 saturated carbocycles. The van der Waals surface area contributed by atoms with E-state index in [4.69, 9.17) is 0 Å². The number of hydrogen-bond donors (Lipinski definition) is 0. The Balaban J connectivity index is 2.48. The monoisotopic (exact) mass is 227 g/mol. The summed E-state index contributed by atoms with van der Waals surface area (Å²) in [5.41, 5.74) is 0.979. The van der Waals surface area contributed by atoms with E-state index in [1.807, 2.05) is 37.3 Å². The van der Waals surface area contributed by atoms with Gasteiger partial charge in [-0.3, -0.25) is 9.59 Å². The van der Waals surface area contributed by atoms with Crippen LogP contribution >= 0.6 is 0 Å². The van der Waals surface area contributed by atoms with Gasteiger partial charge >= 0.3 is 0 Å². The highest BCUT2D eigenvalue weighted by molar-refractivity contribution is 5.73. The lowest BCUT2D eigenvalue weighted by molar-refractivity contribution is 0.112. The van der Waals surface area contributed by atoms with Crippen LogP contribution in [-0.2, 0) is 0 Å². The second-order valence-corrected chi connectivity index (χ2v) is 3.88. The minimum atomic E-state index is -0.251. The van der Waals surface area contributed by atoms with E-state index in [1.54, 1.807) is 16.8 Å². The molecule has 0 amide bonds. The van der Waals surface area contributed by atoms with Crippen molar-refractivity contribution in [3.05, 3.63) is 70.1 Å². The van der Waals surface area contributed by atoms with Crippen LogP contribution in [0.25, 0.3) is 0 Å². The highest BCUT2D eigenvalue weighted by Gasteiger charge is 2.10. The van der Waals surface area contributed by atoms with Gasteiger partial charge in [-0.1, -0.05) is 30.3 Å². The first-order valence-electron chi connectivity index (χ1n) is 5.45. The fourth-order valence-electron chi connectivity index (χ4n) is 1.81. The molecule has 0 fully saturated rings. The van der Waals surface area contributed by atoms with Crippen molar-refractivity contribution < 1.29 is 4.79 Å². The second-order valence-electron chi connectivity index (χ2n) is 3.88. The molecule has 1 aromatic heterocycles. The van der Waals surface area contributed by atoms with Gasteiger partial charge < -0.3 is 4.57 Å². The van der Waals surface area contributed by atoms with Crippen LogP contribution in [0.15, 0.2) is 53.5 Å². The predicted octanol–water partition coefficient (Wildman–Crippen LogP) is 2.27. The number of aldehydes is 1. The average molecular weight is 227 g/mol. The first kappa shape index (κ1) is 11.3. The maximum absolute atomic E-state index is 11.9. The maximum Gasteiger partial charge on any atom is 0.261 e. The molecule has 2 aromatic rings. The maximum atomic E-state index is 11.9. The normalized spacial score (nSPS) is 12.1. The summed E-state index contributed by atoms with van der Waals surface area (Å²) in [6.07, 6.45) is 2.30. The SMILES string of the molecule is CC(c1ccccc1)n1cccc(C=O)c1=O. The Morgan fingerprint density at radius 3 is 2.47 bits per heavy atom. The van der Waals surface area contributed by atoms with E-state index >= 15 is 0 Å². The fraction of sp³-hybridized carbons (Fsp3) is 0.143. The molecule has 1 unspecified atom stereocenters. The Bertz CT molecular complexity index is 572. The lowest BCUT2D eigenvalue weighted by Gasteiger charge is -2.15. The second kappa shape index (κ2) is 4.78. The van der Waals surface area contributed by atoms with Crippen LogP contribution in [0.5, 0.6) is 0 Å². The number of rotatable bonds is 3. The molecule has 0 N–H and O–H groups in total. The molecule has 0 aliphatic heterocycles. The Morgan fingerprint density at radius 1 is 1.12 bits per heavy atom. The largest absolute Gasteiger partial charge is 0.308 e. The summed E-state index contributed by atoms with van der Waals surface area (Å²) in [6, 6.07) is 12.9.